The van der Waals surface area contributed by atoms with Gasteiger partial charge in [-0.25, -0.2) is 8.42 Å². The number of benzene rings is 2. The van der Waals surface area contributed by atoms with E-state index in [4.69, 9.17) is 4.74 Å². The number of aryl methyl sites for hydroxylation is 1. The molecule has 0 fully saturated rings. The summed E-state index contributed by atoms with van der Waals surface area (Å²) in [5, 5.41) is 2.96. The van der Waals surface area contributed by atoms with Crippen LogP contribution in [-0.4, -0.2) is 57.1 Å². The summed E-state index contributed by atoms with van der Waals surface area (Å²) in [6.45, 7) is 8.04. The van der Waals surface area contributed by atoms with Crippen molar-refractivity contribution in [2.75, 3.05) is 24.2 Å². The van der Waals surface area contributed by atoms with Crippen LogP contribution in [0.1, 0.15) is 51.2 Å². The third-order valence-electron chi connectivity index (χ3n) is 6.26. The van der Waals surface area contributed by atoms with Gasteiger partial charge in [0, 0.05) is 31.6 Å². The molecule has 2 rings (SSSR count). The summed E-state index contributed by atoms with van der Waals surface area (Å²) in [4.78, 5) is 27.9. The molecule has 0 saturated heterocycles. The van der Waals surface area contributed by atoms with Crippen LogP contribution in [0.3, 0.4) is 0 Å². The molecule has 0 spiro atoms. The number of rotatable bonds is 13. The summed E-state index contributed by atoms with van der Waals surface area (Å²) in [6, 6.07) is 13.9. The third kappa shape index (κ3) is 8.26. The lowest BCUT2D eigenvalue weighted by atomic mass is 10.1. The van der Waals surface area contributed by atoms with Crippen molar-refractivity contribution in [1.29, 1.82) is 0 Å². The van der Waals surface area contributed by atoms with Gasteiger partial charge >= 0.3 is 0 Å². The van der Waals surface area contributed by atoms with E-state index in [1.165, 1.54) is 11.4 Å². The van der Waals surface area contributed by atoms with Gasteiger partial charge < -0.3 is 15.0 Å². The topological polar surface area (TPSA) is 96.0 Å². The Kier molecular flexibility index (Phi) is 10.8. The highest BCUT2D eigenvalue weighted by molar-refractivity contribution is 7.92. The van der Waals surface area contributed by atoms with Gasteiger partial charge in [-0.3, -0.25) is 13.9 Å². The Bertz CT molecular complexity index is 1140. The Labute approximate surface area is 215 Å². The van der Waals surface area contributed by atoms with E-state index in [0.29, 0.717) is 24.4 Å². The zero-order valence-electron chi connectivity index (χ0n) is 22.2. The minimum absolute atomic E-state index is 0.00143. The zero-order valence-corrected chi connectivity index (χ0v) is 23.0. The zero-order chi connectivity index (χ0) is 26.9. The van der Waals surface area contributed by atoms with Gasteiger partial charge in [0.25, 0.3) is 0 Å². The highest BCUT2D eigenvalue weighted by atomic mass is 32.2. The van der Waals surface area contributed by atoms with Crippen LogP contribution in [0.4, 0.5) is 5.69 Å². The maximum atomic E-state index is 13.4. The first kappa shape index (κ1) is 29.2. The van der Waals surface area contributed by atoms with Crippen LogP contribution in [0.15, 0.2) is 48.5 Å². The van der Waals surface area contributed by atoms with Crippen LogP contribution in [0.25, 0.3) is 0 Å². The van der Waals surface area contributed by atoms with Gasteiger partial charge in [0.05, 0.1) is 19.1 Å². The van der Waals surface area contributed by atoms with Crippen molar-refractivity contribution in [1.82, 2.24) is 10.2 Å². The van der Waals surface area contributed by atoms with Crippen LogP contribution in [0, 0.1) is 6.92 Å². The molecule has 0 aliphatic heterocycles. The van der Waals surface area contributed by atoms with Crippen LogP contribution < -0.4 is 14.4 Å². The Balaban J connectivity index is 2.19. The molecule has 198 valence electrons. The van der Waals surface area contributed by atoms with E-state index in [0.717, 1.165) is 23.8 Å². The highest BCUT2D eigenvalue weighted by Crippen LogP contribution is 2.24. The molecule has 0 aliphatic carbocycles. The van der Waals surface area contributed by atoms with Crippen molar-refractivity contribution < 1.29 is 22.7 Å². The van der Waals surface area contributed by atoms with E-state index in [2.05, 4.69) is 5.32 Å². The molecule has 0 unspecified atom stereocenters. The monoisotopic (exact) mass is 517 g/mol. The molecule has 2 aromatic rings. The number of carbonyl (C=O) groups excluding carboxylic acids is 2. The average molecular weight is 518 g/mol. The number of carbonyl (C=O) groups is 2. The first-order valence-corrected chi connectivity index (χ1v) is 14.1. The van der Waals surface area contributed by atoms with Crippen molar-refractivity contribution in [3.63, 3.8) is 0 Å². The lowest BCUT2D eigenvalue weighted by Gasteiger charge is -2.30. The summed E-state index contributed by atoms with van der Waals surface area (Å²) in [6.07, 6.45) is 2.33. The summed E-state index contributed by atoms with van der Waals surface area (Å²) < 4.78 is 31.5. The summed E-state index contributed by atoms with van der Waals surface area (Å²) in [7, 11) is -2.05. The molecule has 2 amide bonds. The van der Waals surface area contributed by atoms with Gasteiger partial charge in [0.2, 0.25) is 21.8 Å². The normalized spacial score (nSPS) is 12.9. The number of ether oxygens (including phenoxy) is 1. The maximum absolute atomic E-state index is 13.4. The molecule has 9 heteroatoms. The molecular formula is C27H39N3O5S. The fourth-order valence-electron chi connectivity index (χ4n) is 3.79. The number of nitrogens with one attached hydrogen (secondary N) is 1. The molecule has 0 bridgehead atoms. The molecule has 8 nitrogen and oxygen atoms in total. The standard InChI is InChI=1S/C27H39N3O5S/c1-7-21(3)28-27(32)22(4)29(19-23-13-9-8-12-20(23)2)26(31)16-11-17-30(36(6,33)34)24-14-10-15-25(18-24)35-5/h8-10,12-15,18,21-22H,7,11,16-17,19H2,1-6H3,(H,28,32)/t21-,22+/m0/s1. The first-order chi connectivity index (χ1) is 17.0. The fourth-order valence-corrected chi connectivity index (χ4v) is 4.75. The Morgan fingerprint density at radius 3 is 2.39 bits per heavy atom. The predicted molar refractivity (Wildman–Crippen MR) is 144 cm³/mol. The van der Waals surface area contributed by atoms with Gasteiger partial charge in [-0.05, 0) is 56.9 Å². The molecule has 2 aromatic carbocycles. The van der Waals surface area contributed by atoms with E-state index >= 15 is 0 Å². The van der Waals surface area contributed by atoms with Gasteiger partial charge in [-0.2, -0.15) is 0 Å². The predicted octanol–water partition coefficient (Wildman–Crippen LogP) is 3.88. The Morgan fingerprint density at radius 2 is 1.78 bits per heavy atom. The maximum Gasteiger partial charge on any atom is 0.242 e. The number of hydrogen-bond donors (Lipinski definition) is 1. The number of nitrogens with zero attached hydrogens (tertiary/aromatic N) is 2. The largest absolute Gasteiger partial charge is 0.497 e. The molecule has 2 atom stereocenters. The second-order valence-corrected chi connectivity index (χ2v) is 11.0. The minimum Gasteiger partial charge on any atom is -0.497 e. The lowest BCUT2D eigenvalue weighted by molar-refractivity contribution is -0.140. The summed E-state index contributed by atoms with van der Waals surface area (Å²) in [5.74, 6) is 0.132. The Morgan fingerprint density at radius 1 is 1.08 bits per heavy atom. The van der Waals surface area contributed by atoms with Crippen molar-refractivity contribution >= 4 is 27.5 Å². The van der Waals surface area contributed by atoms with Gasteiger partial charge in [0.1, 0.15) is 11.8 Å². The van der Waals surface area contributed by atoms with E-state index in [-0.39, 0.29) is 30.8 Å². The summed E-state index contributed by atoms with van der Waals surface area (Å²) in [5.41, 5.74) is 2.47. The van der Waals surface area contributed by atoms with Crippen molar-refractivity contribution in [2.45, 2.75) is 65.6 Å². The molecule has 0 saturated carbocycles. The molecular weight excluding hydrogens is 478 g/mol. The van der Waals surface area contributed by atoms with Crippen molar-refractivity contribution in [3.05, 3.63) is 59.7 Å². The number of anilines is 1. The first-order valence-electron chi connectivity index (χ1n) is 12.2. The third-order valence-corrected chi connectivity index (χ3v) is 7.46. The number of methoxy groups -OCH3 is 1. The van der Waals surface area contributed by atoms with Gasteiger partial charge in [-0.1, -0.05) is 37.3 Å². The molecule has 36 heavy (non-hydrogen) atoms. The average Bonchev–Trinajstić information content (AvgIpc) is 2.84. The van der Waals surface area contributed by atoms with Crippen LogP contribution in [-0.2, 0) is 26.2 Å². The quantitative estimate of drug-likeness (QED) is 0.435. The SMILES string of the molecule is CC[C@H](C)NC(=O)[C@@H](C)N(Cc1ccccc1C)C(=O)CCCN(c1cccc(OC)c1)S(C)(=O)=O. The molecule has 0 radical (unpaired) electrons. The van der Waals surface area contributed by atoms with Crippen LogP contribution >= 0.6 is 0 Å². The van der Waals surface area contributed by atoms with Crippen LogP contribution in [0.5, 0.6) is 5.75 Å². The fraction of sp³-hybridized carbons (Fsp3) is 0.481. The highest BCUT2D eigenvalue weighted by Gasteiger charge is 2.27. The smallest absolute Gasteiger partial charge is 0.242 e. The van der Waals surface area contributed by atoms with E-state index < -0.39 is 16.1 Å². The number of amides is 2. The van der Waals surface area contributed by atoms with Crippen molar-refractivity contribution in [2.24, 2.45) is 0 Å². The lowest BCUT2D eigenvalue weighted by Crippen LogP contribution is -2.49. The van der Waals surface area contributed by atoms with Gasteiger partial charge in [-0.15, -0.1) is 0 Å². The molecule has 0 aromatic heterocycles. The minimum atomic E-state index is -3.57. The Hall–Kier alpha value is -3.07. The molecule has 0 heterocycles. The van der Waals surface area contributed by atoms with Crippen LogP contribution in [0.2, 0.25) is 0 Å². The second kappa shape index (κ2) is 13.3. The molecule has 0 aliphatic rings. The van der Waals surface area contributed by atoms with Crippen molar-refractivity contribution in [3.8, 4) is 5.75 Å². The van der Waals surface area contributed by atoms with E-state index in [9.17, 15) is 18.0 Å². The summed E-state index contributed by atoms with van der Waals surface area (Å²) >= 11 is 0. The van der Waals surface area contributed by atoms with Gasteiger partial charge in [0.15, 0.2) is 0 Å². The number of sulfonamides is 1. The van der Waals surface area contributed by atoms with E-state index in [1.54, 1.807) is 36.1 Å². The second-order valence-electron chi connectivity index (χ2n) is 9.08. The molecule has 1 N–H and O–H groups in total. The van der Waals surface area contributed by atoms with E-state index in [1.807, 2.05) is 45.0 Å². The number of hydrogen-bond acceptors (Lipinski definition) is 5.